The summed E-state index contributed by atoms with van der Waals surface area (Å²) in [7, 11) is 0. The lowest BCUT2D eigenvalue weighted by Crippen LogP contribution is -1.99. The Hall–Kier alpha value is -2.39. The summed E-state index contributed by atoms with van der Waals surface area (Å²) < 4.78 is 1.47. The number of aromatic nitrogens is 4. The topological polar surface area (TPSA) is 92.9 Å². The Balaban J connectivity index is 2.57. The molecular formula is C10H5ClN6. The van der Waals surface area contributed by atoms with E-state index in [0.717, 1.165) is 0 Å². The molecule has 0 spiro atoms. The Labute approximate surface area is 100 Å². The minimum Gasteiger partial charge on any atom is -0.383 e. The third-order valence-electron chi connectivity index (χ3n) is 2.44. The maximum Gasteiger partial charge on any atom is 0.209 e. The molecule has 2 heterocycles. The zero-order valence-corrected chi connectivity index (χ0v) is 9.18. The normalized spacial score (nSPS) is 10.8. The Morgan fingerprint density at radius 2 is 2.24 bits per heavy atom. The number of nitrogen functional groups attached to an aromatic ring is 1. The van der Waals surface area contributed by atoms with Crippen LogP contribution in [0, 0.1) is 11.3 Å². The van der Waals surface area contributed by atoms with Gasteiger partial charge in [-0.1, -0.05) is 16.8 Å². The van der Waals surface area contributed by atoms with E-state index in [9.17, 15) is 0 Å². The molecule has 2 aromatic heterocycles. The van der Waals surface area contributed by atoms with Crippen LogP contribution in [-0.4, -0.2) is 19.8 Å². The first-order valence-electron chi connectivity index (χ1n) is 4.71. The van der Waals surface area contributed by atoms with Crippen LogP contribution in [-0.2, 0) is 0 Å². The highest BCUT2D eigenvalue weighted by molar-refractivity contribution is 6.31. The summed E-state index contributed by atoms with van der Waals surface area (Å²) >= 11 is 5.89. The van der Waals surface area contributed by atoms with E-state index >= 15 is 0 Å². The van der Waals surface area contributed by atoms with E-state index in [1.165, 1.54) is 4.52 Å². The summed E-state index contributed by atoms with van der Waals surface area (Å²) in [5, 5.41) is 17.7. The van der Waals surface area contributed by atoms with Crippen LogP contribution >= 0.6 is 11.6 Å². The van der Waals surface area contributed by atoms with Gasteiger partial charge in [0.15, 0.2) is 5.65 Å². The molecule has 0 atom stereocenters. The lowest BCUT2D eigenvalue weighted by molar-refractivity contribution is 0.873. The number of halogens is 1. The third kappa shape index (κ3) is 1.30. The SMILES string of the molecule is N#Cc1nnn2c1nc(N)c1cc(Cl)ccc12. The molecule has 7 heteroatoms. The number of rotatable bonds is 0. The van der Waals surface area contributed by atoms with Crippen LogP contribution in [0.1, 0.15) is 5.69 Å². The lowest BCUT2D eigenvalue weighted by atomic mass is 10.2. The molecule has 0 unspecified atom stereocenters. The van der Waals surface area contributed by atoms with Gasteiger partial charge in [-0.25, -0.2) is 4.98 Å². The van der Waals surface area contributed by atoms with E-state index in [4.69, 9.17) is 22.6 Å². The molecule has 0 aliphatic heterocycles. The molecule has 0 saturated carbocycles. The maximum absolute atomic E-state index is 8.86. The third-order valence-corrected chi connectivity index (χ3v) is 2.68. The molecule has 1 aromatic carbocycles. The van der Waals surface area contributed by atoms with Crippen molar-refractivity contribution in [1.82, 2.24) is 19.8 Å². The van der Waals surface area contributed by atoms with Crippen molar-refractivity contribution in [1.29, 1.82) is 5.26 Å². The summed E-state index contributed by atoms with van der Waals surface area (Å²) in [6.07, 6.45) is 0. The zero-order valence-electron chi connectivity index (χ0n) is 8.42. The standard InChI is InChI=1S/C10H5ClN6/c11-5-1-2-8-6(3-5)9(13)14-10-7(4-12)15-16-17(8)10/h1-3H,(H2,13,14). The van der Waals surface area contributed by atoms with E-state index in [1.807, 2.05) is 6.07 Å². The lowest BCUT2D eigenvalue weighted by Gasteiger charge is -2.03. The molecule has 0 saturated heterocycles. The van der Waals surface area contributed by atoms with Gasteiger partial charge in [0.1, 0.15) is 11.9 Å². The molecule has 2 N–H and O–H groups in total. The zero-order chi connectivity index (χ0) is 12.0. The average Bonchev–Trinajstić information content (AvgIpc) is 2.72. The second-order valence-corrected chi connectivity index (χ2v) is 3.88. The van der Waals surface area contributed by atoms with Crippen LogP contribution in [0.5, 0.6) is 0 Å². The largest absolute Gasteiger partial charge is 0.383 e. The predicted molar refractivity (Wildman–Crippen MR) is 62.4 cm³/mol. The molecule has 3 aromatic rings. The Bertz CT molecular complexity index is 785. The van der Waals surface area contributed by atoms with E-state index < -0.39 is 0 Å². The molecule has 6 nitrogen and oxygen atoms in total. The molecule has 0 bridgehead atoms. The highest BCUT2D eigenvalue weighted by Gasteiger charge is 2.12. The van der Waals surface area contributed by atoms with Crippen LogP contribution in [0.15, 0.2) is 18.2 Å². The van der Waals surface area contributed by atoms with E-state index in [1.54, 1.807) is 18.2 Å². The van der Waals surface area contributed by atoms with Crippen molar-refractivity contribution in [2.75, 3.05) is 5.73 Å². The second kappa shape index (κ2) is 3.30. The average molecular weight is 245 g/mol. The van der Waals surface area contributed by atoms with Gasteiger partial charge in [0.25, 0.3) is 0 Å². The second-order valence-electron chi connectivity index (χ2n) is 3.44. The molecular weight excluding hydrogens is 240 g/mol. The Morgan fingerprint density at radius 3 is 3.00 bits per heavy atom. The fourth-order valence-corrected chi connectivity index (χ4v) is 1.86. The quantitative estimate of drug-likeness (QED) is 0.645. The number of fused-ring (bicyclic) bond motifs is 3. The maximum atomic E-state index is 8.86. The number of benzene rings is 1. The number of anilines is 1. The van der Waals surface area contributed by atoms with Crippen LogP contribution < -0.4 is 5.73 Å². The van der Waals surface area contributed by atoms with E-state index in [-0.39, 0.29) is 5.69 Å². The van der Waals surface area contributed by atoms with Gasteiger partial charge in [0.2, 0.25) is 5.69 Å². The first kappa shape index (κ1) is 9.81. The van der Waals surface area contributed by atoms with Crippen LogP contribution in [0.25, 0.3) is 16.6 Å². The first-order chi connectivity index (χ1) is 8.20. The molecule has 0 radical (unpaired) electrons. The van der Waals surface area contributed by atoms with Gasteiger partial charge in [-0.2, -0.15) is 9.78 Å². The van der Waals surface area contributed by atoms with E-state index in [2.05, 4.69) is 15.3 Å². The van der Waals surface area contributed by atoms with Gasteiger partial charge in [-0.15, -0.1) is 5.10 Å². The Kier molecular flexibility index (Phi) is 1.90. The molecule has 0 aliphatic rings. The van der Waals surface area contributed by atoms with Crippen molar-refractivity contribution in [3.05, 3.63) is 28.9 Å². The summed E-state index contributed by atoms with van der Waals surface area (Å²) in [5.41, 5.74) is 7.03. The van der Waals surface area contributed by atoms with Crippen molar-refractivity contribution >= 4 is 34.0 Å². The highest BCUT2D eigenvalue weighted by Crippen LogP contribution is 2.24. The molecule has 0 fully saturated rings. The Morgan fingerprint density at radius 1 is 1.41 bits per heavy atom. The first-order valence-corrected chi connectivity index (χ1v) is 5.09. The predicted octanol–water partition coefficient (Wildman–Crippen LogP) is 1.38. The van der Waals surface area contributed by atoms with Gasteiger partial charge < -0.3 is 5.73 Å². The van der Waals surface area contributed by atoms with Gasteiger partial charge in [-0.3, -0.25) is 0 Å². The summed E-state index contributed by atoms with van der Waals surface area (Å²) in [4.78, 5) is 4.11. The summed E-state index contributed by atoms with van der Waals surface area (Å²) in [5.74, 6) is 0.300. The number of hydrogen-bond acceptors (Lipinski definition) is 5. The number of hydrogen-bond donors (Lipinski definition) is 1. The minimum absolute atomic E-state index is 0.147. The monoisotopic (exact) mass is 244 g/mol. The molecule has 82 valence electrons. The number of nitrogens with zero attached hydrogens (tertiary/aromatic N) is 5. The van der Waals surface area contributed by atoms with Gasteiger partial charge >= 0.3 is 0 Å². The number of nitrogens with two attached hydrogens (primary N) is 1. The smallest absolute Gasteiger partial charge is 0.209 e. The van der Waals surface area contributed by atoms with Crippen LogP contribution in [0.2, 0.25) is 5.02 Å². The minimum atomic E-state index is 0.147. The van der Waals surface area contributed by atoms with Gasteiger partial charge in [0, 0.05) is 10.4 Å². The van der Waals surface area contributed by atoms with Crippen molar-refractivity contribution in [2.45, 2.75) is 0 Å². The fraction of sp³-hybridized carbons (Fsp3) is 0. The fourth-order valence-electron chi connectivity index (χ4n) is 1.68. The highest BCUT2D eigenvalue weighted by atomic mass is 35.5. The molecule has 0 aliphatic carbocycles. The van der Waals surface area contributed by atoms with Crippen molar-refractivity contribution < 1.29 is 0 Å². The molecule has 3 rings (SSSR count). The molecule has 0 amide bonds. The summed E-state index contributed by atoms with van der Waals surface area (Å²) in [6, 6.07) is 7.10. The van der Waals surface area contributed by atoms with Gasteiger partial charge in [-0.05, 0) is 18.2 Å². The van der Waals surface area contributed by atoms with Crippen molar-refractivity contribution in [3.63, 3.8) is 0 Å². The summed E-state index contributed by atoms with van der Waals surface area (Å²) in [6.45, 7) is 0. The van der Waals surface area contributed by atoms with E-state index in [0.29, 0.717) is 27.4 Å². The van der Waals surface area contributed by atoms with Crippen LogP contribution in [0.4, 0.5) is 5.82 Å². The van der Waals surface area contributed by atoms with Crippen LogP contribution in [0.3, 0.4) is 0 Å². The van der Waals surface area contributed by atoms with Crippen molar-refractivity contribution in [2.24, 2.45) is 0 Å². The number of nitriles is 1. The van der Waals surface area contributed by atoms with Gasteiger partial charge in [0.05, 0.1) is 5.52 Å². The van der Waals surface area contributed by atoms with Crippen molar-refractivity contribution in [3.8, 4) is 6.07 Å². The molecule has 17 heavy (non-hydrogen) atoms.